The molecular weight excluding hydrogens is 352 g/mol. The standard InChI is InChI=1S/C21H24N6O/c1-12-9-15(25-8-7-22)4-5-16(12)20-11-19(26-21(28)27-20)14-3-6-18(24)17(10-14)13(2)23/h3-6,9-11,23,25H,7-8,22,24H2,1-2H3,(H,26,27,28). The molecule has 0 fully saturated rings. The maximum absolute atomic E-state index is 12.2. The van der Waals surface area contributed by atoms with E-state index in [1.54, 1.807) is 25.1 Å². The van der Waals surface area contributed by atoms with Crippen LogP contribution in [0.5, 0.6) is 0 Å². The lowest BCUT2D eigenvalue weighted by atomic mass is 10.0. The van der Waals surface area contributed by atoms with Gasteiger partial charge in [0.1, 0.15) is 0 Å². The number of nitrogens with zero attached hydrogens (tertiary/aromatic N) is 1. The molecule has 0 saturated carbocycles. The lowest BCUT2D eigenvalue weighted by Gasteiger charge is -2.12. The summed E-state index contributed by atoms with van der Waals surface area (Å²) in [5, 5.41) is 11.1. The Bertz CT molecular complexity index is 1090. The third kappa shape index (κ3) is 4.10. The molecule has 7 nitrogen and oxygen atoms in total. The maximum atomic E-state index is 12.2. The number of benzene rings is 2. The number of aryl methyl sites for hydroxylation is 1. The fourth-order valence-electron chi connectivity index (χ4n) is 3.08. The summed E-state index contributed by atoms with van der Waals surface area (Å²) in [5.41, 5.74) is 17.4. The van der Waals surface area contributed by atoms with Crippen LogP contribution in [0.3, 0.4) is 0 Å². The number of aromatic nitrogens is 2. The lowest BCUT2D eigenvalue weighted by Crippen LogP contribution is -2.13. The Hall–Kier alpha value is -3.45. The van der Waals surface area contributed by atoms with Crippen LogP contribution in [-0.4, -0.2) is 28.8 Å². The van der Waals surface area contributed by atoms with Gasteiger partial charge in [-0.25, -0.2) is 4.79 Å². The molecule has 0 unspecified atom stereocenters. The normalized spacial score (nSPS) is 10.7. The fourth-order valence-corrected chi connectivity index (χ4v) is 3.08. The Morgan fingerprint density at radius 3 is 2.68 bits per heavy atom. The number of nitrogens with two attached hydrogens (primary N) is 2. The third-order valence-electron chi connectivity index (χ3n) is 4.49. The van der Waals surface area contributed by atoms with E-state index in [9.17, 15) is 4.79 Å². The maximum Gasteiger partial charge on any atom is 0.345 e. The van der Waals surface area contributed by atoms with Crippen LogP contribution in [0.15, 0.2) is 47.3 Å². The molecule has 7 heteroatoms. The van der Waals surface area contributed by atoms with E-state index in [0.29, 0.717) is 41.4 Å². The Labute approximate surface area is 163 Å². The van der Waals surface area contributed by atoms with Crippen molar-refractivity contribution < 1.29 is 0 Å². The molecule has 0 radical (unpaired) electrons. The number of anilines is 2. The van der Waals surface area contributed by atoms with Crippen LogP contribution in [0.4, 0.5) is 11.4 Å². The van der Waals surface area contributed by atoms with E-state index in [1.807, 2.05) is 31.2 Å². The number of hydrogen-bond donors (Lipinski definition) is 5. The molecule has 0 bridgehead atoms. The number of aromatic amines is 1. The van der Waals surface area contributed by atoms with Gasteiger partial charge in [-0.1, -0.05) is 12.1 Å². The van der Waals surface area contributed by atoms with Gasteiger partial charge in [0, 0.05) is 46.9 Å². The topological polar surface area (TPSA) is 134 Å². The summed E-state index contributed by atoms with van der Waals surface area (Å²) in [4.78, 5) is 19.1. The predicted molar refractivity (Wildman–Crippen MR) is 115 cm³/mol. The first-order valence-electron chi connectivity index (χ1n) is 9.01. The molecule has 1 aromatic heterocycles. The van der Waals surface area contributed by atoms with Gasteiger partial charge in [-0.05, 0) is 49.7 Å². The summed E-state index contributed by atoms with van der Waals surface area (Å²) in [6.45, 7) is 4.92. The van der Waals surface area contributed by atoms with E-state index < -0.39 is 5.69 Å². The average Bonchev–Trinajstić information content (AvgIpc) is 2.66. The van der Waals surface area contributed by atoms with Gasteiger partial charge < -0.3 is 27.2 Å². The summed E-state index contributed by atoms with van der Waals surface area (Å²) in [7, 11) is 0. The molecule has 2 aromatic carbocycles. The molecule has 7 N–H and O–H groups in total. The zero-order valence-electron chi connectivity index (χ0n) is 16.0. The molecule has 144 valence electrons. The van der Waals surface area contributed by atoms with E-state index in [2.05, 4.69) is 15.3 Å². The van der Waals surface area contributed by atoms with Crippen molar-refractivity contribution in [1.82, 2.24) is 9.97 Å². The van der Waals surface area contributed by atoms with Gasteiger partial charge in [0.2, 0.25) is 0 Å². The van der Waals surface area contributed by atoms with E-state index >= 15 is 0 Å². The zero-order valence-corrected chi connectivity index (χ0v) is 16.0. The summed E-state index contributed by atoms with van der Waals surface area (Å²) in [5.74, 6) is 0. The van der Waals surface area contributed by atoms with Crippen molar-refractivity contribution in [1.29, 1.82) is 5.41 Å². The Morgan fingerprint density at radius 1 is 1.21 bits per heavy atom. The molecule has 0 aliphatic rings. The van der Waals surface area contributed by atoms with Gasteiger partial charge >= 0.3 is 5.69 Å². The predicted octanol–water partition coefficient (Wildman–Crippen LogP) is 2.75. The van der Waals surface area contributed by atoms with Gasteiger partial charge in [0.15, 0.2) is 0 Å². The minimum Gasteiger partial charge on any atom is -0.398 e. The number of H-pyrrole nitrogens is 1. The summed E-state index contributed by atoms with van der Waals surface area (Å²) in [6.07, 6.45) is 0. The van der Waals surface area contributed by atoms with Gasteiger partial charge in [-0.2, -0.15) is 4.98 Å². The molecule has 0 spiro atoms. The number of rotatable bonds is 6. The highest BCUT2D eigenvalue weighted by molar-refractivity contribution is 6.02. The van der Waals surface area contributed by atoms with Crippen LogP contribution in [0.25, 0.3) is 22.5 Å². The van der Waals surface area contributed by atoms with Gasteiger partial charge in [-0.15, -0.1) is 0 Å². The van der Waals surface area contributed by atoms with Crippen LogP contribution in [0.2, 0.25) is 0 Å². The van der Waals surface area contributed by atoms with E-state index in [0.717, 1.165) is 22.4 Å². The van der Waals surface area contributed by atoms with Crippen molar-refractivity contribution >= 4 is 17.1 Å². The lowest BCUT2D eigenvalue weighted by molar-refractivity contribution is 1.02. The Balaban J connectivity index is 2.05. The van der Waals surface area contributed by atoms with Crippen molar-refractivity contribution in [2.75, 3.05) is 24.1 Å². The van der Waals surface area contributed by atoms with Crippen LogP contribution in [0.1, 0.15) is 18.1 Å². The van der Waals surface area contributed by atoms with Crippen molar-refractivity contribution in [2.24, 2.45) is 5.73 Å². The molecular formula is C21H24N6O. The minimum absolute atomic E-state index is 0.362. The first-order chi connectivity index (χ1) is 13.4. The Kier molecular flexibility index (Phi) is 5.56. The molecule has 1 heterocycles. The zero-order chi connectivity index (χ0) is 20.3. The highest BCUT2D eigenvalue weighted by Crippen LogP contribution is 2.28. The van der Waals surface area contributed by atoms with Crippen LogP contribution < -0.4 is 22.5 Å². The van der Waals surface area contributed by atoms with Crippen molar-refractivity contribution in [2.45, 2.75) is 13.8 Å². The number of hydrogen-bond acceptors (Lipinski definition) is 6. The fraction of sp³-hybridized carbons (Fsp3) is 0.190. The molecule has 0 aliphatic carbocycles. The summed E-state index contributed by atoms with van der Waals surface area (Å²) < 4.78 is 0. The van der Waals surface area contributed by atoms with Crippen LogP contribution >= 0.6 is 0 Å². The van der Waals surface area contributed by atoms with E-state index in [-0.39, 0.29) is 0 Å². The highest BCUT2D eigenvalue weighted by atomic mass is 16.1. The quantitative estimate of drug-likeness (QED) is 0.333. The van der Waals surface area contributed by atoms with Crippen molar-refractivity contribution in [3.8, 4) is 22.5 Å². The van der Waals surface area contributed by atoms with Crippen LogP contribution in [0, 0.1) is 12.3 Å². The van der Waals surface area contributed by atoms with E-state index in [1.165, 1.54) is 0 Å². The second kappa shape index (κ2) is 8.06. The largest absolute Gasteiger partial charge is 0.398 e. The first-order valence-corrected chi connectivity index (χ1v) is 9.01. The molecule has 0 aliphatic heterocycles. The minimum atomic E-state index is -0.429. The Morgan fingerprint density at radius 2 is 2.00 bits per heavy atom. The van der Waals surface area contributed by atoms with E-state index in [4.69, 9.17) is 16.9 Å². The second-order valence-electron chi connectivity index (χ2n) is 6.66. The summed E-state index contributed by atoms with van der Waals surface area (Å²) >= 11 is 0. The smallest absolute Gasteiger partial charge is 0.345 e. The van der Waals surface area contributed by atoms with Crippen molar-refractivity contribution in [3.63, 3.8) is 0 Å². The molecule has 0 saturated heterocycles. The van der Waals surface area contributed by atoms with Crippen molar-refractivity contribution in [3.05, 3.63) is 64.1 Å². The molecule has 28 heavy (non-hydrogen) atoms. The average molecular weight is 376 g/mol. The first kappa shape index (κ1) is 19.3. The van der Waals surface area contributed by atoms with Gasteiger partial charge in [-0.3, -0.25) is 0 Å². The van der Waals surface area contributed by atoms with Crippen LogP contribution in [-0.2, 0) is 0 Å². The summed E-state index contributed by atoms with van der Waals surface area (Å²) in [6, 6.07) is 13.1. The molecule has 3 aromatic rings. The molecule has 0 amide bonds. The number of nitrogen functional groups attached to an aromatic ring is 1. The third-order valence-corrected chi connectivity index (χ3v) is 4.49. The molecule has 3 rings (SSSR count). The van der Waals surface area contributed by atoms with Gasteiger partial charge in [0.25, 0.3) is 0 Å². The molecule has 0 atom stereocenters. The monoisotopic (exact) mass is 376 g/mol. The van der Waals surface area contributed by atoms with Gasteiger partial charge in [0.05, 0.1) is 11.4 Å². The SMILES string of the molecule is CC(=N)c1cc(-c2cc(-c3ccc(NCCN)cc3C)[nH]c(=O)n2)ccc1N. The number of nitrogens with one attached hydrogen (secondary N) is 3. The second-order valence-corrected chi connectivity index (χ2v) is 6.66. The highest BCUT2D eigenvalue weighted by Gasteiger charge is 2.11.